The van der Waals surface area contributed by atoms with E-state index in [1.54, 1.807) is 36.4 Å². The molecule has 3 nitrogen and oxygen atoms in total. The predicted molar refractivity (Wildman–Crippen MR) is 116 cm³/mol. The Morgan fingerprint density at radius 2 is 1.62 bits per heavy atom. The predicted octanol–water partition coefficient (Wildman–Crippen LogP) is 7.15. The third-order valence-electron chi connectivity index (χ3n) is 4.65. The average Bonchev–Trinajstić information content (AvgIpc) is 3.02. The van der Waals surface area contributed by atoms with Gasteiger partial charge in [-0.15, -0.1) is 0 Å². The van der Waals surface area contributed by atoms with Crippen LogP contribution >= 0.6 is 34.8 Å². The van der Waals surface area contributed by atoms with Gasteiger partial charge in [-0.05, 0) is 43.3 Å². The van der Waals surface area contributed by atoms with Crippen molar-refractivity contribution in [2.45, 2.75) is 13.5 Å². The Morgan fingerprint density at radius 1 is 0.931 bits per heavy atom. The zero-order valence-electron chi connectivity index (χ0n) is 15.3. The highest BCUT2D eigenvalue weighted by molar-refractivity contribution is 6.37. The number of halogens is 3. The molecule has 0 aliphatic carbocycles. The Labute approximate surface area is 183 Å². The molecule has 0 unspecified atom stereocenters. The van der Waals surface area contributed by atoms with Crippen molar-refractivity contribution in [3.8, 4) is 11.5 Å². The van der Waals surface area contributed by atoms with Crippen molar-refractivity contribution < 1.29 is 14.3 Å². The van der Waals surface area contributed by atoms with Crippen LogP contribution < -0.4 is 9.47 Å². The number of ether oxygens (including phenoxy) is 2. The molecule has 0 amide bonds. The zero-order chi connectivity index (χ0) is 20.5. The summed E-state index contributed by atoms with van der Waals surface area (Å²) in [6, 6.07) is 16.1. The van der Waals surface area contributed by atoms with Gasteiger partial charge in [-0.1, -0.05) is 59.1 Å². The van der Waals surface area contributed by atoms with Gasteiger partial charge in [-0.25, -0.2) is 0 Å². The van der Waals surface area contributed by atoms with Crippen LogP contribution in [0.3, 0.4) is 0 Å². The first-order valence-electron chi connectivity index (χ1n) is 8.84. The molecule has 6 heteroatoms. The zero-order valence-corrected chi connectivity index (χ0v) is 17.6. The van der Waals surface area contributed by atoms with Gasteiger partial charge < -0.3 is 9.47 Å². The van der Waals surface area contributed by atoms with Gasteiger partial charge in [0.2, 0.25) is 5.78 Å². The highest BCUT2D eigenvalue weighted by Crippen LogP contribution is 2.40. The van der Waals surface area contributed by atoms with E-state index >= 15 is 0 Å². The third-order valence-corrected chi connectivity index (χ3v) is 5.68. The number of hydrogen-bond donors (Lipinski definition) is 0. The minimum absolute atomic E-state index is 0.168. The van der Waals surface area contributed by atoms with Gasteiger partial charge >= 0.3 is 0 Å². The summed E-state index contributed by atoms with van der Waals surface area (Å²) in [5.41, 5.74) is 2.62. The van der Waals surface area contributed by atoms with E-state index in [1.165, 1.54) is 0 Å². The normalized spacial score (nSPS) is 14.1. The Hall–Kier alpha value is -2.46. The number of rotatable bonds is 4. The fourth-order valence-electron chi connectivity index (χ4n) is 3.07. The smallest absolute Gasteiger partial charge is 0.231 e. The molecule has 4 rings (SSSR count). The van der Waals surface area contributed by atoms with E-state index in [2.05, 4.69) is 0 Å². The standard InChI is InChI=1S/C23H15Cl3O3/c1-13-20(28-12-14-5-2-3-6-17(14)24)10-9-15-22(27)21(29-23(13)15)11-16-18(25)7-4-8-19(16)26/h2-11H,12H2,1H3/b21-11-. The molecule has 1 aliphatic heterocycles. The van der Waals surface area contributed by atoms with Gasteiger partial charge in [0.1, 0.15) is 18.1 Å². The first-order valence-corrected chi connectivity index (χ1v) is 9.97. The largest absolute Gasteiger partial charge is 0.488 e. The number of fused-ring (bicyclic) bond motifs is 1. The summed E-state index contributed by atoms with van der Waals surface area (Å²) in [4.78, 5) is 12.8. The summed E-state index contributed by atoms with van der Waals surface area (Å²) >= 11 is 18.6. The molecule has 29 heavy (non-hydrogen) atoms. The van der Waals surface area contributed by atoms with Gasteiger partial charge in [0, 0.05) is 31.8 Å². The summed E-state index contributed by atoms with van der Waals surface area (Å²) < 4.78 is 11.8. The van der Waals surface area contributed by atoms with Crippen LogP contribution in [0.25, 0.3) is 6.08 Å². The molecule has 0 aromatic heterocycles. The second kappa shape index (κ2) is 8.11. The van der Waals surface area contributed by atoms with Crippen molar-refractivity contribution in [1.29, 1.82) is 0 Å². The quantitative estimate of drug-likeness (QED) is 0.400. The van der Waals surface area contributed by atoms with Gasteiger partial charge in [0.15, 0.2) is 5.76 Å². The highest BCUT2D eigenvalue weighted by atomic mass is 35.5. The first kappa shape index (κ1) is 19.8. The summed E-state index contributed by atoms with van der Waals surface area (Å²) in [6.45, 7) is 2.16. The van der Waals surface area contributed by atoms with E-state index in [4.69, 9.17) is 44.3 Å². The summed E-state index contributed by atoms with van der Waals surface area (Å²) in [5, 5.41) is 1.52. The molecule has 1 aliphatic rings. The molecule has 0 radical (unpaired) electrons. The maximum atomic E-state index is 12.8. The Kier molecular flexibility index (Phi) is 5.55. The third kappa shape index (κ3) is 3.86. The van der Waals surface area contributed by atoms with Crippen LogP contribution in [0, 0.1) is 6.92 Å². The van der Waals surface area contributed by atoms with Gasteiger partial charge in [0.25, 0.3) is 0 Å². The fraction of sp³-hybridized carbons (Fsp3) is 0.0870. The van der Waals surface area contributed by atoms with Crippen LogP contribution in [0.5, 0.6) is 11.5 Å². The van der Waals surface area contributed by atoms with E-state index in [1.807, 2.05) is 31.2 Å². The molecule has 1 heterocycles. The monoisotopic (exact) mass is 444 g/mol. The molecular formula is C23H15Cl3O3. The molecule has 3 aromatic carbocycles. The average molecular weight is 446 g/mol. The van der Waals surface area contributed by atoms with Crippen molar-refractivity contribution >= 4 is 46.7 Å². The number of carbonyl (C=O) groups is 1. The van der Waals surface area contributed by atoms with Crippen LogP contribution in [0.15, 0.2) is 60.4 Å². The molecule has 0 saturated carbocycles. The van der Waals surface area contributed by atoms with E-state index < -0.39 is 0 Å². The maximum Gasteiger partial charge on any atom is 0.231 e. The number of ketones is 1. The summed E-state index contributed by atoms with van der Waals surface area (Å²) in [7, 11) is 0. The van der Waals surface area contributed by atoms with Gasteiger partial charge in [-0.2, -0.15) is 0 Å². The number of allylic oxidation sites excluding steroid dienone is 1. The molecular weight excluding hydrogens is 431 g/mol. The second-order valence-electron chi connectivity index (χ2n) is 6.52. The maximum absolute atomic E-state index is 12.8. The second-order valence-corrected chi connectivity index (χ2v) is 7.74. The number of hydrogen-bond acceptors (Lipinski definition) is 3. The molecule has 146 valence electrons. The molecule has 0 fully saturated rings. The SMILES string of the molecule is Cc1c(OCc2ccccc2Cl)ccc2c1O/C(=C\c1c(Cl)cccc1Cl)C2=O. The molecule has 0 bridgehead atoms. The van der Waals surface area contributed by atoms with Crippen LogP contribution in [-0.2, 0) is 6.61 Å². The van der Waals surface area contributed by atoms with Gasteiger partial charge in [0.05, 0.1) is 5.56 Å². The highest BCUT2D eigenvalue weighted by Gasteiger charge is 2.30. The lowest BCUT2D eigenvalue weighted by Crippen LogP contribution is -1.99. The van der Waals surface area contributed by atoms with Crippen LogP contribution in [0.2, 0.25) is 15.1 Å². The summed E-state index contributed by atoms with van der Waals surface area (Å²) in [6.07, 6.45) is 1.57. The van der Waals surface area contributed by atoms with Crippen molar-refractivity contribution in [3.63, 3.8) is 0 Å². The van der Waals surface area contributed by atoms with Crippen molar-refractivity contribution in [2.24, 2.45) is 0 Å². The first-order chi connectivity index (χ1) is 14.0. The van der Waals surface area contributed by atoms with Crippen LogP contribution in [0.4, 0.5) is 0 Å². The molecule has 0 N–H and O–H groups in total. The fourth-order valence-corrected chi connectivity index (χ4v) is 3.77. The Bertz CT molecular complexity index is 1130. The Balaban J connectivity index is 1.62. The van der Waals surface area contributed by atoms with Crippen LogP contribution in [0.1, 0.15) is 27.0 Å². The topological polar surface area (TPSA) is 35.5 Å². The Morgan fingerprint density at radius 3 is 2.34 bits per heavy atom. The molecule has 0 spiro atoms. The van der Waals surface area contributed by atoms with Crippen molar-refractivity contribution in [1.82, 2.24) is 0 Å². The molecule has 3 aromatic rings. The van der Waals surface area contributed by atoms with Crippen molar-refractivity contribution in [2.75, 3.05) is 0 Å². The number of Topliss-reactive ketones (excluding diaryl/α,β-unsaturated/α-hetero) is 1. The minimum atomic E-state index is -0.225. The summed E-state index contributed by atoms with van der Waals surface area (Å²) in [5.74, 6) is 1.03. The lowest BCUT2D eigenvalue weighted by molar-refractivity contribution is 0.101. The minimum Gasteiger partial charge on any atom is -0.488 e. The molecule has 0 atom stereocenters. The van der Waals surface area contributed by atoms with E-state index in [9.17, 15) is 4.79 Å². The van der Waals surface area contributed by atoms with Crippen LogP contribution in [-0.4, -0.2) is 5.78 Å². The van der Waals surface area contributed by atoms with E-state index in [-0.39, 0.29) is 11.5 Å². The lowest BCUT2D eigenvalue weighted by Gasteiger charge is -2.12. The van der Waals surface area contributed by atoms with E-state index in [0.717, 1.165) is 11.1 Å². The van der Waals surface area contributed by atoms with Crippen molar-refractivity contribution in [3.05, 3.63) is 97.7 Å². The van der Waals surface area contributed by atoms with Gasteiger partial charge in [-0.3, -0.25) is 4.79 Å². The lowest BCUT2D eigenvalue weighted by atomic mass is 10.1. The molecule has 0 saturated heterocycles. The van der Waals surface area contributed by atoms with E-state index in [0.29, 0.717) is 44.3 Å². The number of benzene rings is 3. The number of carbonyl (C=O) groups excluding carboxylic acids is 1.